The number of carbonyl (C=O) groups is 2. The fourth-order valence-corrected chi connectivity index (χ4v) is 3.81. The minimum absolute atomic E-state index is 0.0495. The number of hydrogen-bond donors (Lipinski definition) is 1. The first-order valence-electron chi connectivity index (χ1n) is 7.28. The van der Waals surface area contributed by atoms with Crippen molar-refractivity contribution in [1.29, 1.82) is 0 Å². The first-order valence-corrected chi connectivity index (χ1v) is 9.96. The van der Waals surface area contributed by atoms with Gasteiger partial charge in [0.05, 0.1) is 16.2 Å². The molecule has 0 unspecified atom stereocenters. The van der Waals surface area contributed by atoms with Gasteiger partial charge in [-0.1, -0.05) is 11.6 Å². The number of thiophene rings is 1. The normalized spacial score (nSPS) is 11.3. The molecule has 25 heavy (non-hydrogen) atoms. The highest BCUT2D eigenvalue weighted by Crippen LogP contribution is 2.16. The number of halogens is 1. The van der Waals surface area contributed by atoms with Gasteiger partial charge in [-0.05, 0) is 43.3 Å². The summed E-state index contributed by atoms with van der Waals surface area (Å²) in [6.45, 7) is 1.39. The number of hydrogen-bond acceptors (Lipinski definition) is 6. The van der Waals surface area contributed by atoms with Crippen molar-refractivity contribution in [2.24, 2.45) is 0 Å². The fourth-order valence-electron chi connectivity index (χ4n) is 1.86. The highest BCUT2D eigenvalue weighted by atomic mass is 35.5. The zero-order chi connectivity index (χ0) is 18.4. The third-order valence-electron chi connectivity index (χ3n) is 3.12. The molecule has 2 rings (SSSR count). The lowest BCUT2D eigenvalue weighted by Gasteiger charge is -2.07. The van der Waals surface area contributed by atoms with Gasteiger partial charge in [0.25, 0.3) is 0 Å². The largest absolute Gasteiger partial charge is 0.457 e. The third-order valence-corrected chi connectivity index (χ3v) is 5.90. The number of esters is 1. The second-order valence-electron chi connectivity index (χ2n) is 5.10. The van der Waals surface area contributed by atoms with Crippen LogP contribution in [0, 0.1) is 6.92 Å². The van der Waals surface area contributed by atoms with Gasteiger partial charge in [-0.3, -0.25) is 9.59 Å². The summed E-state index contributed by atoms with van der Waals surface area (Å²) in [7, 11) is -3.73. The number of nitrogens with one attached hydrogen (secondary N) is 1. The van der Waals surface area contributed by atoms with Crippen molar-refractivity contribution < 1.29 is 22.7 Å². The summed E-state index contributed by atoms with van der Waals surface area (Å²) >= 11 is 7.04. The van der Waals surface area contributed by atoms with Crippen LogP contribution in [-0.4, -0.2) is 33.3 Å². The number of Topliss-reactive ketones (excluding diaryl/α,β-unsaturated/α-hetero) is 1. The van der Waals surface area contributed by atoms with Crippen molar-refractivity contribution in [3.8, 4) is 0 Å². The van der Waals surface area contributed by atoms with E-state index in [1.807, 2.05) is 13.0 Å². The van der Waals surface area contributed by atoms with Gasteiger partial charge >= 0.3 is 5.97 Å². The van der Waals surface area contributed by atoms with Gasteiger partial charge in [0.15, 0.2) is 6.61 Å². The van der Waals surface area contributed by atoms with Gasteiger partial charge in [-0.15, -0.1) is 11.3 Å². The molecule has 1 aromatic carbocycles. The van der Waals surface area contributed by atoms with Gasteiger partial charge in [-0.25, -0.2) is 13.1 Å². The zero-order valence-electron chi connectivity index (χ0n) is 13.3. The van der Waals surface area contributed by atoms with E-state index in [1.165, 1.54) is 35.6 Å². The highest BCUT2D eigenvalue weighted by molar-refractivity contribution is 7.89. The minimum atomic E-state index is -3.73. The standard InChI is InChI=1S/C16H16ClNO5S2/c1-11-2-7-15(24-11)14(19)10-23-16(20)8-9-18-25(21,22)13-5-3-12(17)4-6-13/h2-7,18H,8-10H2,1H3. The van der Waals surface area contributed by atoms with Gasteiger partial charge in [0.2, 0.25) is 15.8 Å². The second-order valence-corrected chi connectivity index (χ2v) is 8.59. The summed E-state index contributed by atoms with van der Waals surface area (Å²) in [6, 6.07) is 9.14. The third kappa shape index (κ3) is 5.93. The van der Waals surface area contributed by atoms with E-state index in [4.69, 9.17) is 16.3 Å². The van der Waals surface area contributed by atoms with E-state index in [1.54, 1.807) is 6.07 Å². The maximum atomic E-state index is 12.0. The van der Waals surface area contributed by atoms with E-state index in [9.17, 15) is 18.0 Å². The van der Waals surface area contributed by atoms with Crippen molar-refractivity contribution in [2.45, 2.75) is 18.2 Å². The highest BCUT2D eigenvalue weighted by Gasteiger charge is 2.15. The Morgan fingerprint density at radius 1 is 1.16 bits per heavy atom. The summed E-state index contributed by atoms with van der Waals surface area (Å²) in [4.78, 5) is 25.0. The van der Waals surface area contributed by atoms with Crippen LogP contribution >= 0.6 is 22.9 Å². The number of aryl methyl sites for hydroxylation is 1. The topological polar surface area (TPSA) is 89.5 Å². The predicted molar refractivity (Wildman–Crippen MR) is 95.6 cm³/mol. The molecule has 0 aliphatic rings. The molecule has 0 atom stereocenters. The summed E-state index contributed by atoms with van der Waals surface area (Å²) in [5.41, 5.74) is 0. The van der Waals surface area contributed by atoms with Gasteiger partial charge < -0.3 is 4.74 Å². The fraction of sp³-hybridized carbons (Fsp3) is 0.250. The molecule has 9 heteroatoms. The average Bonchev–Trinajstić information content (AvgIpc) is 2.99. The number of sulfonamides is 1. The first-order chi connectivity index (χ1) is 11.8. The Morgan fingerprint density at radius 2 is 1.84 bits per heavy atom. The van der Waals surface area contributed by atoms with Crippen molar-refractivity contribution in [1.82, 2.24) is 4.72 Å². The van der Waals surface area contributed by atoms with Gasteiger partial charge in [0.1, 0.15) is 0 Å². The molecule has 0 saturated heterocycles. The van der Waals surface area contributed by atoms with Crippen LogP contribution in [0.2, 0.25) is 5.02 Å². The van der Waals surface area contributed by atoms with Crippen LogP contribution in [0.25, 0.3) is 0 Å². The van der Waals surface area contributed by atoms with Crippen molar-refractivity contribution in [3.63, 3.8) is 0 Å². The minimum Gasteiger partial charge on any atom is -0.457 e. The average molecular weight is 402 g/mol. The molecule has 0 amide bonds. The molecular weight excluding hydrogens is 386 g/mol. The maximum Gasteiger partial charge on any atom is 0.307 e. The molecule has 0 aliphatic heterocycles. The number of carbonyl (C=O) groups excluding carboxylic acids is 2. The smallest absolute Gasteiger partial charge is 0.307 e. The predicted octanol–water partition coefficient (Wildman–Crippen LogP) is 2.80. The zero-order valence-corrected chi connectivity index (χ0v) is 15.7. The van der Waals surface area contributed by atoms with Crippen LogP contribution < -0.4 is 4.72 Å². The van der Waals surface area contributed by atoms with Crippen LogP contribution in [0.4, 0.5) is 0 Å². The van der Waals surface area contributed by atoms with Crippen molar-refractivity contribution in [2.75, 3.05) is 13.2 Å². The second kappa shape index (κ2) is 8.57. The van der Waals surface area contributed by atoms with Crippen LogP contribution in [0.1, 0.15) is 21.0 Å². The quantitative estimate of drug-likeness (QED) is 0.542. The number of rotatable bonds is 8. The summed E-state index contributed by atoms with van der Waals surface area (Å²) in [6.07, 6.45) is -0.177. The van der Waals surface area contributed by atoms with Crippen LogP contribution in [0.5, 0.6) is 0 Å². The van der Waals surface area contributed by atoms with Gasteiger partial charge in [-0.2, -0.15) is 0 Å². The molecule has 0 radical (unpaired) electrons. The van der Waals surface area contributed by atoms with Crippen molar-refractivity contribution in [3.05, 3.63) is 51.2 Å². The van der Waals surface area contributed by atoms with E-state index >= 15 is 0 Å². The molecule has 0 fully saturated rings. The molecule has 2 aromatic rings. The Bertz CT molecular complexity index is 859. The van der Waals surface area contributed by atoms with E-state index < -0.39 is 16.0 Å². The Morgan fingerprint density at radius 3 is 2.44 bits per heavy atom. The molecule has 0 spiro atoms. The molecule has 1 N–H and O–H groups in total. The number of ether oxygens (including phenoxy) is 1. The first kappa shape index (κ1) is 19.6. The summed E-state index contributed by atoms with van der Waals surface area (Å²) < 4.78 is 31.2. The maximum absolute atomic E-state index is 12.0. The Balaban J connectivity index is 1.76. The SMILES string of the molecule is Cc1ccc(C(=O)COC(=O)CCNS(=O)(=O)c2ccc(Cl)cc2)s1. The molecule has 6 nitrogen and oxygen atoms in total. The Labute approximate surface area is 154 Å². The van der Waals surface area contributed by atoms with Crippen molar-refractivity contribution >= 4 is 44.7 Å². The number of ketones is 1. The molecular formula is C16H16ClNO5S2. The lowest BCUT2D eigenvalue weighted by atomic mass is 10.3. The van der Waals surface area contributed by atoms with Gasteiger partial charge in [0, 0.05) is 16.4 Å². The molecule has 1 heterocycles. The Kier molecular flexibility index (Phi) is 6.71. The molecule has 0 aliphatic carbocycles. The summed E-state index contributed by atoms with van der Waals surface area (Å²) in [5, 5.41) is 0.424. The van der Waals surface area contributed by atoms with Crippen LogP contribution in [0.3, 0.4) is 0 Å². The van der Waals surface area contributed by atoms with E-state index in [2.05, 4.69) is 4.72 Å². The molecule has 0 bridgehead atoms. The van der Waals surface area contributed by atoms with E-state index in [0.29, 0.717) is 9.90 Å². The molecule has 134 valence electrons. The number of benzene rings is 1. The molecule has 0 saturated carbocycles. The lowest BCUT2D eigenvalue weighted by Crippen LogP contribution is -2.27. The monoisotopic (exact) mass is 401 g/mol. The van der Waals surface area contributed by atoms with Crippen LogP contribution in [0.15, 0.2) is 41.3 Å². The summed E-state index contributed by atoms with van der Waals surface area (Å²) in [5.74, 6) is -0.936. The molecule has 1 aromatic heterocycles. The van der Waals surface area contributed by atoms with E-state index in [0.717, 1.165) is 4.88 Å². The van der Waals surface area contributed by atoms with Crippen LogP contribution in [-0.2, 0) is 19.6 Å². The Hall–Kier alpha value is -1.74. The van der Waals surface area contributed by atoms with E-state index in [-0.39, 0.29) is 30.3 Å². The lowest BCUT2D eigenvalue weighted by molar-refractivity contribution is -0.142.